The van der Waals surface area contributed by atoms with E-state index in [2.05, 4.69) is 0 Å². The summed E-state index contributed by atoms with van der Waals surface area (Å²) in [5.41, 5.74) is 5.40. The third-order valence-corrected chi connectivity index (χ3v) is 4.81. The Labute approximate surface area is 130 Å². The summed E-state index contributed by atoms with van der Waals surface area (Å²) in [4.78, 5) is 25.4. The van der Waals surface area contributed by atoms with Crippen molar-refractivity contribution < 1.29 is 9.59 Å². The number of thioether (sulfide) groups is 1. The molecule has 20 heavy (non-hydrogen) atoms. The Morgan fingerprint density at radius 1 is 1.25 bits per heavy atom. The monoisotopic (exact) mass is 318 g/mol. The van der Waals surface area contributed by atoms with Gasteiger partial charge in [-0.05, 0) is 30.5 Å². The van der Waals surface area contributed by atoms with Crippen LogP contribution in [0.15, 0.2) is 11.0 Å². The second-order valence-electron chi connectivity index (χ2n) is 5.26. The summed E-state index contributed by atoms with van der Waals surface area (Å²) < 4.78 is 0. The van der Waals surface area contributed by atoms with Crippen LogP contribution in [0.5, 0.6) is 0 Å². The van der Waals surface area contributed by atoms with E-state index >= 15 is 0 Å². The fourth-order valence-electron chi connectivity index (χ4n) is 2.79. The fourth-order valence-corrected chi connectivity index (χ4v) is 3.66. The number of amides is 2. The van der Waals surface area contributed by atoms with Crippen LogP contribution in [-0.4, -0.2) is 29.1 Å². The summed E-state index contributed by atoms with van der Waals surface area (Å²) in [6, 6.07) is 0. The predicted molar refractivity (Wildman–Crippen MR) is 84.9 cm³/mol. The lowest BCUT2D eigenvalue weighted by molar-refractivity contribution is -0.122. The number of rotatable bonds is 5. The molecule has 0 atom stereocenters. The summed E-state index contributed by atoms with van der Waals surface area (Å²) in [6.45, 7) is 0.651. The highest BCUT2D eigenvalue weighted by Gasteiger charge is 2.34. The number of halogens is 1. The first-order valence-corrected chi connectivity index (χ1v) is 7.98. The number of allylic oxidation sites excluding steroid dienone is 1. The van der Waals surface area contributed by atoms with Crippen LogP contribution in [0.4, 0.5) is 4.79 Å². The molecule has 0 aromatic heterocycles. The van der Waals surface area contributed by atoms with E-state index in [-0.39, 0.29) is 23.6 Å². The third kappa shape index (κ3) is 4.50. The standard InChI is InChI=1S/C14H22N2O2S.ClH/c15-9-10-16-13(17)12(19-14(16)18)8-4-7-11-5-2-1-3-6-11;/h8,11H,1-7,9-10,15H2;1H. The Balaban J connectivity index is 0.00000200. The molecule has 2 N–H and O–H groups in total. The number of imide groups is 1. The first kappa shape index (κ1) is 17.5. The Morgan fingerprint density at radius 2 is 1.95 bits per heavy atom. The molecule has 1 saturated heterocycles. The van der Waals surface area contributed by atoms with Crippen molar-refractivity contribution in [3.63, 3.8) is 0 Å². The molecule has 0 radical (unpaired) electrons. The molecular formula is C14H23ClN2O2S. The first-order valence-electron chi connectivity index (χ1n) is 7.16. The summed E-state index contributed by atoms with van der Waals surface area (Å²) in [7, 11) is 0. The summed E-state index contributed by atoms with van der Waals surface area (Å²) in [6.07, 6.45) is 10.7. The zero-order valence-corrected chi connectivity index (χ0v) is 13.3. The maximum absolute atomic E-state index is 11.9. The van der Waals surface area contributed by atoms with Crippen molar-refractivity contribution in [2.45, 2.75) is 44.9 Å². The maximum Gasteiger partial charge on any atom is 0.293 e. The van der Waals surface area contributed by atoms with Gasteiger partial charge >= 0.3 is 0 Å². The minimum absolute atomic E-state index is 0. The summed E-state index contributed by atoms with van der Waals surface area (Å²) in [5, 5.41) is -0.181. The zero-order valence-electron chi connectivity index (χ0n) is 11.7. The van der Waals surface area contributed by atoms with Crippen LogP contribution in [0.2, 0.25) is 0 Å². The van der Waals surface area contributed by atoms with Gasteiger partial charge in [0.25, 0.3) is 11.1 Å². The van der Waals surface area contributed by atoms with Gasteiger partial charge in [0.2, 0.25) is 0 Å². The van der Waals surface area contributed by atoms with Crippen LogP contribution >= 0.6 is 24.2 Å². The first-order chi connectivity index (χ1) is 9.22. The van der Waals surface area contributed by atoms with Crippen LogP contribution in [0.25, 0.3) is 0 Å². The molecule has 2 amide bonds. The molecule has 0 aromatic rings. The topological polar surface area (TPSA) is 63.4 Å². The second-order valence-corrected chi connectivity index (χ2v) is 6.26. The van der Waals surface area contributed by atoms with Crippen molar-refractivity contribution >= 4 is 35.3 Å². The minimum atomic E-state index is -0.181. The lowest BCUT2D eigenvalue weighted by Crippen LogP contribution is -2.33. The molecule has 1 aliphatic carbocycles. The molecular weight excluding hydrogens is 296 g/mol. The Bertz CT molecular complexity index is 381. The molecule has 1 saturated carbocycles. The van der Waals surface area contributed by atoms with Gasteiger partial charge in [-0.15, -0.1) is 12.4 Å². The number of carbonyl (C=O) groups is 2. The highest BCUT2D eigenvalue weighted by atomic mass is 35.5. The largest absolute Gasteiger partial charge is 0.329 e. The maximum atomic E-state index is 11.9. The van der Waals surface area contributed by atoms with Crippen LogP contribution in [0.1, 0.15) is 44.9 Å². The lowest BCUT2D eigenvalue weighted by atomic mass is 9.86. The number of hydrogen-bond donors (Lipinski definition) is 1. The van der Waals surface area contributed by atoms with Gasteiger partial charge in [0.15, 0.2) is 0 Å². The van der Waals surface area contributed by atoms with Gasteiger partial charge < -0.3 is 5.73 Å². The third-order valence-electron chi connectivity index (χ3n) is 3.86. The molecule has 2 fully saturated rings. The predicted octanol–water partition coefficient (Wildman–Crippen LogP) is 3.31. The molecule has 2 rings (SSSR count). The molecule has 0 aromatic carbocycles. The number of nitrogens with zero attached hydrogens (tertiary/aromatic N) is 1. The van der Waals surface area contributed by atoms with E-state index in [0.29, 0.717) is 18.0 Å². The van der Waals surface area contributed by atoms with E-state index in [1.54, 1.807) is 0 Å². The van der Waals surface area contributed by atoms with Gasteiger partial charge in [0.05, 0.1) is 4.91 Å². The van der Waals surface area contributed by atoms with Gasteiger partial charge in [0.1, 0.15) is 0 Å². The van der Waals surface area contributed by atoms with E-state index in [1.165, 1.54) is 37.0 Å². The molecule has 2 aliphatic rings. The highest BCUT2D eigenvalue weighted by molar-refractivity contribution is 8.18. The number of nitrogens with two attached hydrogens (primary N) is 1. The molecule has 0 spiro atoms. The quantitative estimate of drug-likeness (QED) is 0.790. The van der Waals surface area contributed by atoms with Crippen LogP contribution in [-0.2, 0) is 4.79 Å². The smallest absolute Gasteiger partial charge is 0.293 e. The van der Waals surface area contributed by atoms with E-state index in [4.69, 9.17) is 5.73 Å². The molecule has 1 heterocycles. The van der Waals surface area contributed by atoms with E-state index < -0.39 is 0 Å². The van der Waals surface area contributed by atoms with Crippen molar-refractivity contribution in [3.8, 4) is 0 Å². The van der Waals surface area contributed by atoms with E-state index in [1.807, 2.05) is 6.08 Å². The summed E-state index contributed by atoms with van der Waals surface area (Å²) >= 11 is 1.05. The molecule has 114 valence electrons. The highest BCUT2D eigenvalue weighted by Crippen LogP contribution is 2.32. The van der Waals surface area contributed by atoms with Crippen LogP contribution in [0, 0.1) is 5.92 Å². The van der Waals surface area contributed by atoms with Crippen molar-refractivity contribution in [2.24, 2.45) is 11.7 Å². The van der Waals surface area contributed by atoms with Gasteiger partial charge in [-0.2, -0.15) is 0 Å². The van der Waals surface area contributed by atoms with E-state index in [9.17, 15) is 9.59 Å². The average molecular weight is 319 g/mol. The average Bonchev–Trinajstić information content (AvgIpc) is 2.68. The Kier molecular flexibility index (Phi) is 7.62. The van der Waals surface area contributed by atoms with Crippen LogP contribution in [0.3, 0.4) is 0 Å². The van der Waals surface area contributed by atoms with Gasteiger partial charge in [0, 0.05) is 13.1 Å². The number of carbonyl (C=O) groups excluding carboxylic acids is 2. The fraction of sp³-hybridized carbons (Fsp3) is 0.714. The SMILES string of the molecule is Cl.NCCN1C(=O)SC(=CCCC2CCCCC2)C1=O. The number of hydrogen-bond acceptors (Lipinski definition) is 4. The zero-order chi connectivity index (χ0) is 13.7. The molecule has 4 nitrogen and oxygen atoms in total. The Morgan fingerprint density at radius 3 is 2.60 bits per heavy atom. The molecule has 0 unspecified atom stereocenters. The van der Waals surface area contributed by atoms with Gasteiger partial charge in [-0.3, -0.25) is 14.5 Å². The molecule has 1 aliphatic heterocycles. The van der Waals surface area contributed by atoms with Crippen molar-refractivity contribution in [2.75, 3.05) is 13.1 Å². The molecule has 0 bridgehead atoms. The van der Waals surface area contributed by atoms with Gasteiger partial charge in [-0.1, -0.05) is 38.2 Å². The van der Waals surface area contributed by atoms with Gasteiger partial charge in [-0.25, -0.2) is 0 Å². The Hall–Kier alpha value is -0.520. The lowest BCUT2D eigenvalue weighted by Gasteiger charge is -2.20. The van der Waals surface area contributed by atoms with Crippen molar-refractivity contribution in [1.82, 2.24) is 4.90 Å². The second kappa shape index (κ2) is 8.70. The van der Waals surface area contributed by atoms with E-state index in [0.717, 1.165) is 30.5 Å². The summed E-state index contributed by atoms with van der Waals surface area (Å²) in [5.74, 6) is 0.645. The normalized spacial score (nSPS) is 22.4. The minimum Gasteiger partial charge on any atom is -0.329 e. The van der Waals surface area contributed by atoms with Crippen molar-refractivity contribution in [1.29, 1.82) is 0 Å². The van der Waals surface area contributed by atoms with Crippen molar-refractivity contribution in [3.05, 3.63) is 11.0 Å². The van der Waals surface area contributed by atoms with Crippen LogP contribution < -0.4 is 5.73 Å². The molecule has 6 heteroatoms.